The second-order valence-corrected chi connectivity index (χ2v) is 2.56. The summed E-state index contributed by atoms with van der Waals surface area (Å²) in [5, 5.41) is 16.9. The van der Waals surface area contributed by atoms with Crippen LogP contribution >= 0.6 is 0 Å². The van der Waals surface area contributed by atoms with Gasteiger partial charge in [-0.15, -0.1) is 0 Å². The zero-order valence-corrected chi connectivity index (χ0v) is 5.08. The highest BCUT2D eigenvalue weighted by molar-refractivity contribution is 5.71. The zero-order valence-electron chi connectivity index (χ0n) is 5.08. The van der Waals surface area contributed by atoms with Gasteiger partial charge in [-0.3, -0.25) is 4.79 Å². The Morgan fingerprint density at radius 2 is 2.11 bits per heavy atom. The number of aliphatic hydroxyl groups is 1. The number of aliphatic carboxylic acids is 1. The topological polar surface area (TPSA) is 57.5 Å². The molecule has 9 heavy (non-hydrogen) atoms. The molecule has 0 heterocycles. The second-order valence-electron chi connectivity index (χ2n) is 2.56. The Morgan fingerprint density at radius 1 is 1.56 bits per heavy atom. The monoisotopic (exact) mass is 130 g/mol. The van der Waals surface area contributed by atoms with E-state index in [4.69, 9.17) is 10.2 Å². The quantitative estimate of drug-likeness (QED) is 0.557. The van der Waals surface area contributed by atoms with Crippen LogP contribution in [0, 0.1) is 11.8 Å². The fraction of sp³-hybridized carbons (Fsp3) is 0.833. The van der Waals surface area contributed by atoms with Crippen LogP contribution in [-0.4, -0.2) is 22.8 Å². The molecule has 1 rings (SSSR count). The molecule has 0 spiro atoms. The second kappa shape index (κ2) is 2.35. The molecule has 52 valence electrons. The minimum atomic E-state index is -0.722. The molecule has 0 aromatic heterocycles. The van der Waals surface area contributed by atoms with Crippen LogP contribution in [0.4, 0.5) is 0 Å². The van der Waals surface area contributed by atoms with Crippen molar-refractivity contribution in [1.82, 2.24) is 0 Å². The third-order valence-electron chi connectivity index (χ3n) is 1.84. The molecule has 1 aliphatic carbocycles. The van der Waals surface area contributed by atoms with E-state index in [1.54, 1.807) is 0 Å². The number of carboxylic acid groups (broad SMARTS) is 1. The number of aliphatic hydroxyl groups excluding tert-OH is 1. The van der Waals surface area contributed by atoms with Gasteiger partial charge in [0.1, 0.15) is 0 Å². The van der Waals surface area contributed by atoms with Crippen molar-refractivity contribution in [2.75, 3.05) is 6.61 Å². The highest BCUT2D eigenvalue weighted by atomic mass is 16.4. The molecule has 1 aliphatic rings. The maximum Gasteiger partial charge on any atom is 0.306 e. The third kappa shape index (κ3) is 1.21. The van der Waals surface area contributed by atoms with E-state index in [0.717, 1.165) is 0 Å². The summed E-state index contributed by atoms with van der Waals surface area (Å²) in [7, 11) is 0. The highest BCUT2D eigenvalue weighted by Gasteiger charge is 2.33. The molecule has 0 unspecified atom stereocenters. The Morgan fingerprint density at radius 3 is 2.44 bits per heavy atom. The van der Waals surface area contributed by atoms with Gasteiger partial charge in [-0.1, -0.05) is 0 Å². The fourth-order valence-corrected chi connectivity index (χ4v) is 1.09. The zero-order chi connectivity index (χ0) is 6.85. The minimum Gasteiger partial charge on any atom is -0.481 e. The van der Waals surface area contributed by atoms with E-state index in [0.29, 0.717) is 12.8 Å². The van der Waals surface area contributed by atoms with E-state index in [-0.39, 0.29) is 18.4 Å². The van der Waals surface area contributed by atoms with Crippen molar-refractivity contribution >= 4 is 5.97 Å². The molecular weight excluding hydrogens is 120 g/mol. The molecule has 0 aromatic rings. The van der Waals surface area contributed by atoms with Crippen LogP contribution in [0.2, 0.25) is 0 Å². The molecule has 0 saturated heterocycles. The minimum absolute atomic E-state index is 0.143. The first-order valence-corrected chi connectivity index (χ1v) is 3.07. The molecule has 1 fully saturated rings. The molecule has 3 nitrogen and oxygen atoms in total. The highest BCUT2D eigenvalue weighted by Crippen LogP contribution is 2.32. The molecule has 0 bridgehead atoms. The standard InChI is InChI=1S/C6H10O3/c7-3-4-1-5(2-4)6(8)9/h4-5,7H,1-3H2,(H,8,9). The maximum absolute atomic E-state index is 10.2. The average Bonchev–Trinajstić information content (AvgIpc) is 1.61. The summed E-state index contributed by atoms with van der Waals surface area (Å²) in [4.78, 5) is 10.2. The molecule has 3 heteroatoms. The van der Waals surface area contributed by atoms with Gasteiger partial charge in [-0.25, -0.2) is 0 Å². The fourth-order valence-electron chi connectivity index (χ4n) is 1.09. The van der Waals surface area contributed by atoms with E-state index in [2.05, 4.69) is 0 Å². The van der Waals surface area contributed by atoms with Gasteiger partial charge in [-0.2, -0.15) is 0 Å². The summed E-state index contributed by atoms with van der Waals surface area (Å²) < 4.78 is 0. The van der Waals surface area contributed by atoms with Gasteiger partial charge >= 0.3 is 5.97 Å². The average molecular weight is 130 g/mol. The SMILES string of the molecule is O=C(O)C1CC(CO)C1. The van der Waals surface area contributed by atoms with Gasteiger partial charge in [0.05, 0.1) is 5.92 Å². The van der Waals surface area contributed by atoms with E-state index >= 15 is 0 Å². The predicted octanol–water partition coefficient (Wildman–Crippen LogP) is 0.0895. The lowest BCUT2D eigenvalue weighted by molar-refractivity contribution is -0.146. The summed E-state index contributed by atoms with van der Waals surface area (Å²) in [5.74, 6) is -0.645. The molecule has 0 amide bonds. The third-order valence-corrected chi connectivity index (χ3v) is 1.84. The van der Waals surface area contributed by atoms with Crippen LogP contribution in [0.1, 0.15) is 12.8 Å². The number of hydrogen-bond donors (Lipinski definition) is 2. The summed E-state index contributed by atoms with van der Waals surface area (Å²) in [6.45, 7) is 0.143. The van der Waals surface area contributed by atoms with Crippen LogP contribution in [0.3, 0.4) is 0 Å². The maximum atomic E-state index is 10.2. The molecule has 0 aliphatic heterocycles. The lowest BCUT2D eigenvalue weighted by Crippen LogP contribution is -2.32. The Kier molecular flexibility index (Phi) is 1.71. The van der Waals surface area contributed by atoms with Crippen molar-refractivity contribution in [3.8, 4) is 0 Å². The van der Waals surface area contributed by atoms with Gasteiger partial charge in [0.25, 0.3) is 0 Å². The van der Waals surface area contributed by atoms with Crippen LogP contribution in [-0.2, 0) is 4.79 Å². The predicted molar refractivity (Wildman–Crippen MR) is 30.9 cm³/mol. The molecule has 0 aromatic carbocycles. The van der Waals surface area contributed by atoms with Gasteiger partial charge < -0.3 is 10.2 Å². The lowest BCUT2D eigenvalue weighted by atomic mass is 9.75. The van der Waals surface area contributed by atoms with Gasteiger partial charge in [0.15, 0.2) is 0 Å². The largest absolute Gasteiger partial charge is 0.481 e. The molecule has 2 N–H and O–H groups in total. The summed E-state index contributed by atoms with van der Waals surface area (Å²) >= 11 is 0. The first kappa shape index (κ1) is 6.55. The number of carboxylic acids is 1. The summed E-state index contributed by atoms with van der Waals surface area (Å²) in [6, 6.07) is 0. The van der Waals surface area contributed by atoms with Crippen LogP contribution in [0.15, 0.2) is 0 Å². The van der Waals surface area contributed by atoms with Crippen LogP contribution in [0.5, 0.6) is 0 Å². The lowest BCUT2D eigenvalue weighted by Gasteiger charge is -2.30. The van der Waals surface area contributed by atoms with E-state index < -0.39 is 5.97 Å². The van der Waals surface area contributed by atoms with Crippen molar-refractivity contribution in [3.63, 3.8) is 0 Å². The van der Waals surface area contributed by atoms with Crippen LogP contribution in [0.25, 0.3) is 0 Å². The Hall–Kier alpha value is -0.570. The van der Waals surface area contributed by atoms with E-state index in [1.165, 1.54) is 0 Å². The van der Waals surface area contributed by atoms with Gasteiger partial charge in [-0.05, 0) is 18.8 Å². The summed E-state index contributed by atoms with van der Waals surface area (Å²) in [5.41, 5.74) is 0. The Bertz CT molecular complexity index is 115. The van der Waals surface area contributed by atoms with Crippen molar-refractivity contribution in [2.24, 2.45) is 11.8 Å². The molecule has 1 saturated carbocycles. The number of hydrogen-bond acceptors (Lipinski definition) is 2. The molecule has 0 atom stereocenters. The van der Waals surface area contributed by atoms with Crippen molar-refractivity contribution in [1.29, 1.82) is 0 Å². The number of rotatable bonds is 2. The van der Waals surface area contributed by atoms with Gasteiger partial charge in [0.2, 0.25) is 0 Å². The van der Waals surface area contributed by atoms with Crippen molar-refractivity contribution < 1.29 is 15.0 Å². The van der Waals surface area contributed by atoms with E-state index in [9.17, 15) is 4.79 Å². The molecular formula is C6H10O3. The first-order chi connectivity index (χ1) is 4.24. The van der Waals surface area contributed by atoms with Crippen molar-refractivity contribution in [3.05, 3.63) is 0 Å². The van der Waals surface area contributed by atoms with E-state index in [1.807, 2.05) is 0 Å². The van der Waals surface area contributed by atoms with Crippen LogP contribution < -0.4 is 0 Å². The Labute approximate surface area is 53.3 Å². The van der Waals surface area contributed by atoms with Crippen molar-refractivity contribution in [2.45, 2.75) is 12.8 Å². The van der Waals surface area contributed by atoms with Gasteiger partial charge in [0, 0.05) is 6.61 Å². The Balaban J connectivity index is 2.19. The first-order valence-electron chi connectivity index (χ1n) is 3.07. The molecule has 0 radical (unpaired) electrons. The smallest absolute Gasteiger partial charge is 0.306 e. The normalized spacial score (nSPS) is 33.4. The summed E-state index contributed by atoms with van der Waals surface area (Å²) in [6.07, 6.45) is 1.32. The number of carbonyl (C=O) groups is 1.